The van der Waals surface area contributed by atoms with Gasteiger partial charge in [0.1, 0.15) is 5.82 Å². The lowest BCUT2D eigenvalue weighted by Gasteiger charge is -2.13. The van der Waals surface area contributed by atoms with Crippen molar-refractivity contribution in [2.75, 3.05) is 0 Å². The van der Waals surface area contributed by atoms with E-state index in [9.17, 15) is 0 Å². The molecule has 8 heteroatoms. The second-order valence-corrected chi connectivity index (χ2v) is 8.77. The predicted molar refractivity (Wildman–Crippen MR) is 122 cm³/mol. The van der Waals surface area contributed by atoms with Gasteiger partial charge in [0.25, 0.3) is 5.22 Å². The van der Waals surface area contributed by atoms with Crippen LogP contribution in [0, 0.1) is 0 Å². The first-order valence-electron chi connectivity index (χ1n) is 9.77. The van der Waals surface area contributed by atoms with E-state index in [0.717, 1.165) is 22.4 Å². The summed E-state index contributed by atoms with van der Waals surface area (Å²) in [7, 11) is 0. The number of aromatic nitrogens is 5. The quantitative estimate of drug-likeness (QED) is 0.296. The zero-order valence-electron chi connectivity index (χ0n) is 16.6. The Labute approximate surface area is 188 Å². The van der Waals surface area contributed by atoms with Crippen LogP contribution >= 0.6 is 23.4 Å². The summed E-state index contributed by atoms with van der Waals surface area (Å²) in [6.45, 7) is 2.80. The standard InChI is InChI=1S/C23H18ClN5OS/c1-15(31-23-28-27-22(30-23)17-9-11-25-12-10-17)21-26-19-13-18(24)7-8-20(19)29(21)14-16-5-3-2-4-6-16/h2-13,15H,14H2,1H3. The molecule has 0 fully saturated rings. The highest BCUT2D eigenvalue weighted by molar-refractivity contribution is 7.99. The molecule has 0 spiro atoms. The number of hydrogen-bond donors (Lipinski definition) is 0. The van der Waals surface area contributed by atoms with E-state index in [2.05, 4.69) is 38.8 Å². The number of fused-ring (bicyclic) bond motifs is 1. The first-order chi connectivity index (χ1) is 15.2. The Morgan fingerprint density at radius 2 is 1.84 bits per heavy atom. The summed E-state index contributed by atoms with van der Waals surface area (Å²) in [6, 6.07) is 19.8. The zero-order valence-corrected chi connectivity index (χ0v) is 18.2. The van der Waals surface area contributed by atoms with Gasteiger partial charge in [0.05, 0.1) is 16.3 Å². The van der Waals surface area contributed by atoms with E-state index in [0.29, 0.717) is 22.7 Å². The van der Waals surface area contributed by atoms with Crippen molar-refractivity contribution < 1.29 is 4.42 Å². The Balaban J connectivity index is 1.47. The Morgan fingerprint density at radius 3 is 2.65 bits per heavy atom. The summed E-state index contributed by atoms with van der Waals surface area (Å²) in [5.74, 6) is 1.40. The van der Waals surface area contributed by atoms with Crippen LogP contribution in [0.15, 0.2) is 82.7 Å². The molecule has 3 heterocycles. The van der Waals surface area contributed by atoms with Crippen molar-refractivity contribution in [2.45, 2.75) is 23.9 Å². The van der Waals surface area contributed by atoms with Gasteiger partial charge in [-0.25, -0.2) is 4.98 Å². The fourth-order valence-corrected chi connectivity index (χ4v) is 4.41. The minimum absolute atomic E-state index is 0.0133. The first kappa shape index (κ1) is 19.8. The van der Waals surface area contributed by atoms with Crippen LogP contribution in [-0.2, 0) is 6.54 Å². The third kappa shape index (κ3) is 4.19. The molecule has 0 N–H and O–H groups in total. The van der Waals surface area contributed by atoms with Crippen molar-refractivity contribution >= 4 is 34.4 Å². The number of thioether (sulfide) groups is 1. The molecule has 1 atom stereocenters. The van der Waals surface area contributed by atoms with Gasteiger partial charge in [-0.3, -0.25) is 4.98 Å². The average molecular weight is 448 g/mol. The Kier molecular flexibility index (Phi) is 5.44. The molecule has 0 saturated heterocycles. The molecule has 0 aliphatic carbocycles. The number of rotatable bonds is 6. The normalized spacial score (nSPS) is 12.3. The summed E-state index contributed by atoms with van der Waals surface area (Å²) in [6.07, 6.45) is 3.40. The number of hydrogen-bond acceptors (Lipinski definition) is 6. The second-order valence-electron chi connectivity index (χ2n) is 7.04. The minimum atomic E-state index is -0.0133. The highest BCUT2D eigenvalue weighted by Crippen LogP contribution is 2.36. The van der Waals surface area contributed by atoms with Gasteiger partial charge in [-0.1, -0.05) is 53.7 Å². The summed E-state index contributed by atoms with van der Waals surface area (Å²) < 4.78 is 8.09. The van der Waals surface area contributed by atoms with Crippen molar-refractivity contribution in [1.82, 2.24) is 24.7 Å². The fourth-order valence-electron chi connectivity index (χ4n) is 3.44. The smallest absolute Gasteiger partial charge is 0.277 e. The maximum absolute atomic E-state index is 6.22. The van der Waals surface area contributed by atoms with Crippen molar-refractivity contribution in [3.8, 4) is 11.5 Å². The molecule has 6 nitrogen and oxygen atoms in total. The molecular weight excluding hydrogens is 430 g/mol. The van der Waals surface area contributed by atoms with E-state index in [4.69, 9.17) is 21.0 Å². The van der Waals surface area contributed by atoms with Gasteiger partial charge in [-0.15, -0.1) is 10.2 Å². The molecule has 2 aromatic carbocycles. The Bertz CT molecular complexity index is 1320. The zero-order chi connectivity index (χ0) is 21.2. The summed E-state index contributed by atoms with van der Waals surface area (Å²) in [4.78, 5) is 8.91. The maximum atomic E-state index is 6.22. The number of halogens is 1. The van der Waals surface area contributed by atoms with Crippen molar-refractivity contribution in [2.24, 2.45) is 0 Å². The molecular formula is C23H18ClN5OS. The van der Waals surface area contributed by atoms with Gasteiger partial charge in [-0.05, 0) is 42.8 Å². The summed E-state index contributed by atoms with van der Waals surface area (Å²) >= 11 is 7.70. The highest BCUT2D eigenvalue weighted by Gasteiger charge is 2.21. The van der Waals surface area contributed by atoms with Gasteiger partial charge in [0.15, 0.2) is 0 Å². The molecule has 154 valence electrons. The lowest BCUT2D eigenvalue weighted by Crippen LogP contribution is -2.06. The Morgan fingerprint density at radius 1 is 1.03 bits per heavy atom. The van der Waals surface area contributed by atoms with Crippen LogP contribution in [0.2, 0.25) is 5.02 Å². The van der Waals surface area contributed by atoms with E-state index >= 15 is 0 Å². The molecule has 0 aliphatic rings. The van der Waals surface area contributed by atoms with E-state index in [1.165, 1.54) is 17.3 Å². The molecule has 0 amide bonds. The second kappa shape index (κ2) is 8.53. The van der Waals surface area contributed by atoms with Gasteiger partial charge < -0.3 is 8.98 Å². The van der Waals surface area contributed by atoms with E-state index in [1.807, 2.05) is 48.5 Å². The molecule has 3 aromatic heterocycles. The monoisotopic (exact) mass is 447 g/mol. The van der Waals surface area contributed by atoms with Gasteiger partial charge in [0.2, 0.25) is 5.89 Å². The van der Waals surface area contributed by atoms with E-state index in [-0.39, 0.29) is 5.25 Å². The highest BCUT2D eigenvalue weighted by atomic mass is 35.5. The SMILES string of the molecule is CC(Sc1nnc(-c2ccncc2)o1)c1nc2cc(Cl)ccc2n1Cc1ccccc1. The topological polar surface area (TPSA) is 69.6 Å². The lowest BCUT2D eigenvalue weighted by atomic mass is 10.2. The van der Waals surface area contributed by atoms with Crippen molar-refractivity contribution in [3.63, 3.8) is 0 Å². The molecule has 5 rings (SSSR count). The van der Waals surface area contributed by atoms with Crippen LogP contribution < -0.4 is 0 Å². The van der Waals surface area contributed by atoms with E-state index in [1.54, 1.807) is 12.4 Å². The first-order valence-corrected chi connectivity index (χ1v) is 11.0. The van der Waals surface area contributed by atoms with Crippen molar-refractivity contribution in [3.05, 3.63) is 89.5 Å². The van der Waals surface area contributed by atoms with Crippen LogP contribution in [0.5, 0.6) is 0 Å². The molecule has 5 aromatic rings. The summed E-state index contributed by atoms with van der Waals surface area (Å²) in [5.41, 5.74) is 3.95. The number of imidazole rings is 1. The summed E-state index contributed by atoms with van der Waals surface area (Å²) in [5, 5.41) is 9.53. The van der Waals surface area contributed by atoms with Crippen molar-refractivity contribution in [1.29, 1.82) is 0 Å². The average Bonchev–Trinajstić information content (AvgIpc) is 3.40. The lowest BCUT2D eigenvalue weighted by molar-refractivity contribution is 0.464. The van der Waals surface area contributed by atoms with Gasteiger partial charge in [0, 0.05) is 29.5 Å². The van der Waals surface area contributed by atoms with E-state index < -0.39 is 0 Å². The molecule has 0 aliphatic heterocycles. The van der Waals surface area contributed by atoms with Gasteiger partial charge in [-0.2, -0.15) is 0 Å². The van der Waals surface area contributed by atoms with Crippen LogP contribution in [0.3, 0.4) is 0 Å². The third-order valence-electron chi connectivity index (χ3n) is 4.90. The number of benzene rings is 2. The third-order valence-corrected chi connectivity index (χ3v) is 6.06. The minimum Gasteiger partial charge on any atom is -0.411 e. The van der Waals surface area contributed by atoms with Gasteiger partial charge >= 0.3 is 0 Å². The van der Waals surface area contributed by atoms with Crippen LogP contribution in [-0.4, -0.2) is 24.7 Å². The number of pyridine rings is 1. The number of nitrogens with zero attached hydrogens (tertiary/aromatic N) is 5. The largest absolute Gasteiger partial charge is 0.411 e. The predicted octanol–water partition coefficient (Wildman–Crippen LogP) is 6.04. The van der Waals surface area contributed by atoms with Crippen LogP contribution in [0.25, 0.3) is 22.5 Å². The molecule has 31 heavy (non-hydrogen) atoms. The molecule has 0 bridgehead atoms. The fraction of sp³-hybridized carbons (Fsp3) is 0.130. The molecule has 0 saturated carbocycles. The van der Waals surface area contributed by atoms with Crippen LogP contribution in [0.1, 0.15) is 23.6 Å². The maximum Gasteiger partial charge on any atom is 0.277 e. The molecule has 0 radical (unpaired) electrons. The Hall–Kier alpha value is -3.16. The molecule has 1 unspecified atom stereocenters. The van der Waals surface area contributed by atoms with Crippen LogP contribution in [0.4, 0.5) is 0 Å².